The largest absolute Gasteiger partial charge is 0.307 e. The summed E-state index contributed by atoms with van der Waals surface area (Å²) in [4.78, 5) is 0. The Bertz CT molecular complexity index is 383. The normalized spacial score (nSPS) is 25.3. The Hall–Kier alpha value is 0.01000. The van der Waals surface area contributed by atoms with Crippen molar-refractivity contribution in [3.8, 4) is 0 Å². The third-order valence-electron chi connectivity index (χ3n) is 3.64. The topological polar surface area (TPSA) is 12.0 Å². The molecule has 18 heavy (non-hydrogen) atoms. The molecule has 3 heteroatoms. The van der Waals surface area contributed by atoms with Crippen molar-refractivity contribution in [2.24, 2.45) is 0 Å². The molecule has 0 spiro atoms. The molecule has 0 saturated heterocycles. The lowest BCUT2D eigenvalue weighted by Crippen LogP contribution is -2.29. The monoisotopic (exact) mass is 327 g/mol. The molecule has 1 fully saturated rings. The summed E-state index contributed by atoms with van der Waals surface area (Å²) in [6.07, 6.45) is 4.03. The summed E-state index contributed by atoms with van der Waals surface area (Å²) in [6.45, 7) is 4.52. The van der Waals surface area contributed by atoms with Gasteiger partial charge in [-0.05, 0) is 43.6 Å². The fourth-order valence-corrected chi connectivity index (χ4v) is 4.52. The highest BCUT2D eigenvalue weighted by atomic mass is 79.9. The highest BCUT2D eigenvalue weighted by Gasteiger charge is 2.25. The van der Waals surface area contributed by atoms with Gasteiger partial charge < -0.3 is 5.32 Å². The molecule has 1 aliphatic rings. The standard InChI is InChI=1S/C15H22BrNS/c1-3-18-13-9-8-12(10-13)17-11(2)14-6-4-5-7-15(14)16/h4-7,11-13,17H,3,8-10H2,1-2H3. The van der Waals surface area contributed by atoms with Gasteiger partial charge in [0.25, 0.3) is 0 Å². The predicted molar refractivity (Wildman–Crippen MR) is 85.3 cm³/mol. The lowest BCUT2D eigenvalue weighted by molar-refractivity contribution is 0.461. The van der Waals surface area contributed by atoms with Crippen LogP contribution in [0.2, 0.25) is 0 Å². The highest BCUT2D eigenvalue weighted by molar-refractivity contribution is 9.10. The van der Waals surface area contributed by atoms with Gasteiger partial charge in [-0.1, -0.05) is 41.1 Å². The second kappa shape index (κ2) is 6.97. The van der Waals surface area contributed by atoms with Gasteiger partial charge in [-0.3, -0.25) is 0 Å². The van der Waals surface area contributed by atoms with Crippen LogP contribution in [0.1, 0.15) is 44.7 Å². The third kappa shape index (κ3) is 3.75. The van der Waals surface area contributed by atoms with E-state index in [1.54, 1.807) is 0 Å². The van der Waals surface area contributed by atoms with E-state index in [0.717, 1.165) is 5.25 Å². The number of hydrogen-bond acceptors (Lipinski definition) is 2. The molecule has 3 atom stereocenters. The summed E-state index contributed by atoms with van der Waals surface area (Å²) in [5.41, 5.74) is 1.36. The van der Waals surface area contributed by atoms with Crippen LogP contribution in [-0.4, -0.2) is 17.0 Å². The Morgan fingerprint density at radius 1 is 1.39 bits per heavy atom. The van der Waals surface area contributed by atoms with E-state index in [1.807, 2.05) is 0 Å². The fraction of sp³-hybridized carbons (Fsp3) is 0.600. The van der Waals surface area contributed by atoms with Gasteiger partial charge in [0.1, 0.15) is 0 Å². The smallest absolute Gasteiger partial charge is 0.0305 e. The van der Waals surface area contributed by atoms with Crippen molar-refractivity contribution in [3.63, 3.8) is 0 Å². The number of hydrogen-bond donors (Lipinski definition) is 1. The Morgan fingerprint density at radius 3 is 2.89 bits per heavy atom. The van der Waals surface area contributed by atoms with Crippen molar-refractivity contribution >= 4 is 27.7 Å². The van der Waals surface area contributed by atoms with Crippen LogP contribution in [-0.2, 0) is 0 Å². The molecule has 0 radical (unpaired) electrons. The average molecular weight is 328 g/mol. The molecule has 1 aromatic rings. The summed E-state index contributed by atoms with van der Waals surface area (Å²) < 4.78 is 1.21. The maximum absolute atomic E-state index is 3.78. The molecule has 0 aliphatic heterocycles. The summed E-state index contributed by atoms with van der Waals surface area (Å²) in [6, 6.07) is 9.63. The molecule has 1 aromatic carbocycles. The molecule has 1 N–H and O–H groups in total. The predicted octanol–water partition coefficient (Wildman–Crippen LogP) is 4.77. The van der Waals surface area contributed by atoms with Crippen LogP contribution in [0.5, 0.6) is 0 Å². The van der Waals surface area contributed by atoms with Crippen LogP contribution in [0, 0.1) is 0 Å². The molecular formula is C15H22BrNS. The second-order valence-electron chi connectivity index (χ2n) is 5.00. The molecule has 1 saturated carbocycles. The van der Waals surface area contributed by atoms with E-state index in [4.69, 9.17) is 0 Å². The number of benzene rings is 1. The Morgan fingerprint density at radius 2 is 2.17 bits per heavy atom. The first-order chi connectivity index (χ1) is 8.70. The summed E-state index contributed by atoms with van der Waals surface area (Å²) in [5, 5.41) is 4.65. The number of thioether (sulfide) groups is 1. The molecule has 1 aliphatic carbocycles. The van der Waals surface area contributed by atoms with Crippen LogP contribution >= 0.6 is 27.7 Å². The molecule has 1 nitrogen and oxygen atoms in total. The molecule has 100 valence electrons. The minimum absolute atomic E-state index is 0.427. The molecule has 2 rings (SSSR count). The highest BCUT2D eigenvalue weighted by Crippen LogP contribution is 2.32. The molecular weight excluding hydrogens is 306 g/mol. The fourth-order valence-electron chi connectivity index (χ4n) is 2.75. The summed E-state index contributed by atoms with van der Waals surface area (Å²) >= 11 is 5.76. The van der Waals surface area contributed by atoms with Crippen molar-refractivity contribution in [1.29, 1.82) is 0 Å². The van der Waals surface area contributed by atoms with E-state index in [-0.39, 0.29) is 0 Å². The van der Waals surface area contributed by atoms with Gasteiger partial charge in [0.05, 0.1) is 0 Å². The van der Waals surface area contributed by atoms with E-state index in [0.29, 0.717) is 12.1 Å². The minimum atomic E-state index is 0.427. The van der Waals surface area contributed by atoms with E-state index < -0.39 is 0 Å². The summed E-state index contributed by atoms with van der Waals surface area (Å²) in [5.74, 6) is 1.25. The van der Waals surface area contributed by atoms with Crippen molar-refractivity contribution in [3.05, 3.63) is 34.3 Å². The molecule has 0 heterocycles. The van der Waals surface area contributed by atoms with Gasteiger partial charge in [-0.25, -0.2) is 0 Å². The van der Waals surface area contributed by atoms with Crippen LogP contribution in [0.15, 0.2) is 28.7 Å². The quantitative estimate of drug-likeness (QED) is 0.835. The van der Waals surface area contributed by atoms with Crippen LogP contribution in [0.4, 0.5) is 0 Å². The Labute approximate surface area is 123 Å². The first-order valence-corrected chi connectivity index (χ1v) is 8.67. The van der Waals surface area contributed by atoms with Crippen molar-refractivity contribution < 1.29 is 0 Å². The first-order valence-electron chi connectivity index (χ1n) is 6.82. The minimum Gasteiger partial charge on any atom is -0.307 e. The zero-order valence-electron chi connectivity index (χ0n) is 11.2. The van der Waals surface area contributed by atoms with Crippen LogP contribution < -0.4 is 5.32 Å². The molecule has 0 bridgehead atoms. The molecule has 0 aromatic heterocycles. The van der Waals surface area contributed by atoms with Crippen molar-refractivity contribution in [2.75, 3.05) is 5.75 Å². The third-order valence-corrected chi connectivity index (χ3v) is 5.60. The molecule has 3 unspecified atom stereocenters. The van der Waals surface area contributed by atoms with E-state index >= 15 is 0 Å². The van der Waals surface area contributed by atoms with Crippen molar-refractivity contribution in [1.82, 2.24) is 5.32 Å². The zero-order valence-corrected chi connectivity index (χ0v) is 13.6. The van der Waals surface area contributed by atoms with E-state index in [9.17, 15) is 0 Å². The summed E-state index contributed by atoms with van der Waals surface area (Å²) in [7, 11) is 0. The Balaban J connectivity index is 1.89. The lowest BCUT2D eigenvalue weighted by atomic mass is 10.1. The van der Waals surface area contributed by atoms with Crippen LogP contribution in [0.3, 0.4) is 0 Å². The Kier molecular flexibility index (Phi) is 5.58. The van der Waals surface area contributed by atoms with Crippen molar-refractivity contribution in [2.45, 2.75) is 50.4 Å². The van der Waals surface area contributed by atoms with E-state index in [1.165, 1.54) is 35.1 Å². The number of rotatable bonds is 5. The van der Waals surface area contributed by atoms with Gasteiger partial charge in [0.2, 0.25) is 0 Å². The SMILES string of the molecule is CCSC1CCC(NC(C)c2ccccc2Br)C1. The molecule has 0 amide bonds. The van der Waals surface area contributed by atoms with Crippen LogP contribution in [0.25, 0.3) is 0 Å². The maximum Gasteiger partial charge on any atom is 0.0305 e. The number of halogens is 1. The van der Waals surface area contributed by atoms with E-state index in [2.05, 4.69) is 71.1 Å². The van der Waals surface area contributed by atoms with Gasteiger partial charge in [0, 0.05) is 21.8 Å². The van der Waals surface area contributed by atoms with Gasteiger partial charge >= 0.3 is 0 Å². The maximum atomic E-state index is 3.78. The van der Waals surface area contributed by atoms with Gasteiger partial charge in [-0.2, -0.15) is 11.8 Å². The van der Waals surface area contributed by atoms with Gasteiger partial charge in [0.15, 0.2) is 0 Å². The average Bonchev–Trinajstić information content (AvgIpc) is 2.77. The first kappa shape index (κ1) is 14.4. The lowest BCUT2D eigenvalue weighted by Gasteiger charge is -2.21. The zero-order chi connectivity index (χ0) is 13.0. The second-order valence-corrected chi connectivity index (χ2v) is 7.43. The van der Waals surface area contributed by atoms with Gasteiger partial charge in [-0.15, -0.1) is 0 Å². The number of nitrogens with one attached hydrogen (secondary N) is 1.